The van der Waals surface area contributed by atoms with Crippen LogP contribution in [0.25, 0.3) is 0 Å². The van der Waals surface area contributed by atoms with Gasteiger partial charge in [-0.05, 0) is 0 Å². The van der Waals surface area contributed by atoms with E-state index in [4.69, 9.17) is 0 Å². The first-order valence-corrected chi connectivity index (χ1v) is 1.67. The van der Waals surface area contributed by atoms with Gasteiger partial charge in [-0.15, -0.1) is 0 Å². The van der Waals surface area contributed by atoms with Gasteiger partial charge < -0.3 is 10.9 Å². The van der Waals surface area contributed by atoms with Gasteiger partial charge in [0.1, 0.15) is 0 Å². The van der Waals surface area contributed by atoms with Gasteiger partial charge in [0.2, 0.25) is 0 Å². The average molecular weight is 169 g/mol. The summed E-state index contributed by atoms with van der Waals surface area (Å²) in [4.78, 5) is 3.50. The summed E-state index contributed by atoms with van der Waals surface area (Å²) < 4.78 is 0. The third-order valence-corrected chi connectivity index (χ3v) is 0.293. The Morgan fingerprint density at radius 3 is 2.29 bits per heavy atom. The van der Waals surface area contributed by atoms with Gasteiger partial charge in [-0.25, -0.2) is 0 Å². The fourth-order valence-corrected chi connectivity index (χ4v) is 0.112. The normalized spacial score (nSPS) is 6.57. The summed E-state index contributed by atoms with van der Waals surface area (Å²) in [6, 6.07) is 0. The number of rotatable bonds is 0. The van der Waals surface area contributed by atoms with E-state index in [2.05, 4.69) is 23.0 Å². The molecule has 0 aliphatic rings. The molecule has 35 valence electrons. The van der Waals surface area contributed by atoms with Crippen molar-refractivity contribution in [3.8, 4) is 11.8 Å². The Balaban J connectivity index is 0. The molecule has 0 saturated heterocycles. The molecular formula is C5H6NY-. The quantitative estimate of drug-likeness (QED) is 0.286. The molecule has 0 atom stereocenters. The summed E-state index contributed by atoms with van der Waals surface area (Å²) in [7, 11) is 1.64. The molecule has 0 N–H and O–H groups in total. The van der Waals surface area contributed by atoms with Gasteiger partial charge in [0.25, 0.3) is 0 Å². The summed E-state index contributed by atoms with van der Waals surface area (Å²) in [5.41, 5.74) is 0. The zero-order valence-corrected chi connectivity index (χ0v) is 7.36. The van der Waals surface area contributed by atoms with Crippen LogP contribution in [-0.2, 0) is 32.7 Å². The largest absolute Gasteiger partial charge is 0.390 e. The zero-order valence-electron chi connectivity index (χ0n) is 4.52. The third-order valence-electron chi connectivity index (χ3n) is 0.293. The van der Waals surface area contributed by atoms with E-state index >= 15 is 0 Å². The van der Waals surface area contributed by atoms with E-state index in [1.54, 1.807) is 14.0 Å². The van der Waals surface area contributed by atoms with Crippen LogP contribution in [-0.4, -0.2) is 13.3 Å². The maximum atomic E-state index is 3.50. The van der Waals surface area contributed by atoms with Crippen LogP contribution in [0.1, 0.15) is 6.92 Å². The second-order valence-electron chi connectivity index (χ2n) is 0.710. The molecule has 0 aromatic carbocycles. The van der Waals surface area contributed by atoms with E-state index in [1.165, 1.54) is 0 Å². The van der Waals surface area contributed by atoms with Crippen molar-refractivity contribution in [2.75, 3.05) is 7.05 Å². The Morgan fingerprint density at radius 1 is 1.57 bits per heavy atom. The Labute approximate surface area is 69.5 Å². The van der Waals surface area contributed by atoms with Crippen LogP contribution in [0.15, 0.2) is 4.99 Å². The molecule has 0 aliphatic heterocycles. The van der Waals surface area contributed by atoms with Gasteiger partial charge in [0.15, 0.2) is 0 Å². The van der Waals surface area contributed by atoms with Crippen molar-refractivity contribution in [1.29, 1.82) is 0 Å². The number of hydrogen-bond acceptors (Lipinski definition) is 1. The van der Waals surface area contributed by atoms with E-state index < -0.39 is 0 Å². The fourth-order valence-electron chi connectivity index (χ4n) is 0.112. The van der Waals surface area contributed by atoms with Gasteiger partial charge in [0, 0.05) is 39.8 Å². The monoisotopic (exact) mass is 169 g/mol. The fraction of sp³-hybridized carbons (Fsp3) is 0.400. The maximum Gasteiger partial charge on any atom is 0.00657 e. The van der Waals surface area contributed by atoms with Crippen LogP contribution >= 0.6 is 0 Å². The molecule has 2 heteroatoms. The van der Waals surface area contributed by atoms with Crippen molar-refractivity contribution in [3.63, 3.8) is 0 Å². The van der Waals surface area contributed by atoms with Crippen LogP contribution in [0.4, 0.5) is 0 Å². The summed E-state index contributed by atoms with van der Waals surface area (Å²) in [6.07, 6.45) is 2.46. The summed E-state index contributed by atoms with van der Waals surface area (Å²) in [5.74, 6) is 5.14. The van der Waals surface area contributed by atoms with Crippen LogP contribution in [0, 0.1) is 11.8 Å². The van der Waals surface area contributed by atoms with E-state index in [-0.39, 0.29) is 32.7 Å². The molecule has 1 nitrogen and oxygen atoms in total. The van der Waals surface area contributed by atoms with E-state index in [0.29, 0.717) is 0 Å². The molecule has 0 spiro atoms. The molecule has 0 heterocycles. The number of nitrogens with zero attached hydrogens (tertiary/aromatic N) is 1. The molecule has 0 aromatic heterocycles. The zero-order chi connectivity index (χ0) is 4.83. The van der Waals surface area contributed by atoms with Crippen LogP contribution in [0.3, 0.4) is 0 Å². The van der Waals surface area contributed by atoms with Gasteiger partial charge in [-0.1, -0.05) is 13.1 Å². The molecule has 0 fully saturated rings. The maximum absolute atomic E-state index is 3.50. The standard InChI is InChI=1S/C5H6N.Y/c1-3-4-5-6-2;/h1-2H3;/q-1;. The summed E-state index contributed by atoms with van der Waals surface area (Å²) >= 11 is 0. The molecule has 0 aromatic rings. The average Bonchev–Trinajstić information content (AvgIpc) is 1.61. The summed E-state index contributed by atoms with van der Waals surface area (Å²) in [6.45, 7) is 1.75. The predicted octanol–water partition coefficient (Wildman–Crippen LogP) is 0.585. The summed E-state index contributed by atoms with van der Waals surface area (Å²) in [5, 5.41) is 0. The minimum Gasteiger partial charge on any atom is -0.390 e. The van der Waals surface area contributed by atoms with Crippen molar-refractivity contribution in [2.45, 2.75) is 6.92 Å². The Kier molecular flexibility index (Phi) is 14.2. The van der Waals surface area contributed by atoms with Gasteiger partial charge in [0.05, 0.1) is 0 Å². The van der Waals surface area contributed by atoms with Gasteiger partial charge in [-0.3, -0.25) is 5.92 Å². The molecule has 0 unspecified atom stereocenters. The Bertz CT molecular complexity index is 96.4. The second-order valence-corrected chi connectivity index (χ2v) is 0.710. The Hall–Kier alpha value is 0.334. The van der Waals surface area contributed by atoms with Crippen molar-refractivity contribution in [1.82, 2.24) is 0 Å². The van der Waals surface area contributed by atoms with Gasteiger partial charge >= 0.3 is 0 Å². The molecule has 0 rings (SSSR count). The van der Waals surface area contributed by atoms with E-state index in [9.17, 15) is 0 Å². The molecule has 0 aliphatic carbocycles. The van der Waals surface area contributed by atoms with Crippen LogP contribution < -0.4 is 0 Å². The van der Waals surface area contributed by atoms with Gasteiger partial charge in [-0.2, -0.15) is 0 Å². The topological polar surface area (TPSA) is 12.4 Å². The number of aliphatic imine (C=N–C) groups is 1. The van der Waals surface area contributed by atoms with Crippen LogP contribution in [0.5, 0.6) is 0 Å². The molecule has 0 bridgehead atoms. The first-order valence-electron chi connectivity index (χ1n) is 1.67. The van der Waals surface area contributed by atoms with E-state index in [1.807, 2.05) is 0 Å². The van der Waals surface area contributed by atoms with E-state index in [0.717, 1.165) is 0 Å². The van der Waals surface area contributed by atoms with Crippen molar-refractivity contribution >= 4 is 6.21 Å². The Morgan fingerprint density at radius 2 is 2.14 bits per heavy atom. The smallest absolute Gasteiger partial charge is 0.00657 e. The van der Waals surface area contributed by atoms with Crippen LogP contribution in [0.2, 0.25) is 0 Å². The van der Waals surface area contributed by atoms with Crippen molar-refractivity contribution < 1.29 is 32.7 Å². The SMILES string of the molecule is CC#C[C-]=NC.[Y]. The molecular weight excluding hydrogens is 163 g/mol. The minimum atomic E-state index is 0. The molecule has 7 heavy (non-hydrogen) atoms. The second kappa shape index (κ2) is 9.59. The third kappa shape index (κ3) is 10.7. The molecule has 0 saturated carbocycles. The number of hydrogen-bond donors (Lipinski definition) is 0. The molecule has 0 amide bonds. The first-order chi connectivity index (χ1) is 2.91. The minimum absolute atomic E-state index is 0. The first kappa shape index (κ1) is 10.3. The van der Waals surface area contributed by atoms with Crippen molar-refractivity contribution in [3.05, 3.63) is 0 Å². The van der Waals surface area contributed by atoms with Crippen molar-refractivity contribution in [2.24, 2.45) is 4.99 Å². The molecule has 1 radical (unpaired) electrons. The predicted molar refractivity (Wildman–Crippen MR) is 26.8 cm³/mol.